The fourth-order valence-corrected chi connectivity index (χ4v) is 5.43. The van der Waals surface area contributed by atoms with E-state index in [4.69, 9.17) is 14.7 Å². The Bertz CT molecular complexity index is 1300. The molecule has 8 nitrogen and oxygen atoms in total. The molecule has 2 heterocycles. The van der Waals surface area contributed by atoms with E-state index < -0.39 is 52.9 Å². The second kappa shape index (κ2) is 9.00. The third-order valence-electron chi connectivity index (χ3n) is 7.08. The average Bonchev–Trinajstić information content (AvgIpc) is 3.43. The number of hydrogen-bond acceptors (Lipinski definition) is 5. The lowest BCUT2D eigenvalue weighted by atomic mass is 9.85. The highest BCUT2D eigenvalue weighted by Crippen LogP contribution is 2.46. The third-order valence-corrected chi connectivity index (χ3v) is 7.08. The number of nitrogens with one attached hydrogen (secondary N) is 1. The van der Waals surface area contributed by atoms with E-state index >= 15 is 0 Å². The number of alkyl halides is 3. The first kappa shape index (κ1) is 25.0. The van der Waals surface area contributed by atoms with Crippen molar-refractivity contribution in [3.8, 4) is 6.07 Å². The van der Waals surface area contributed by atoms with Gasteiger partial charge >= 0.3 is 12.2 Å². The highest BCUT2D eigenvalue weighted by molar-refractivity contribution is 6.08. The van der Waals surface area contributed by atoms with Crippen molar-refractivity contribution in [2.75, 3.05) is 30.1 Å². The summed E-state index contributed by atoms with van der Waals surface area (Å²) in [6.07, 6.45) is -3.81. The number of benzene rings is 2. The number of ether oxygens (including phenoxy) is 2. The minimum absolute atomic E-state index is 0.0273. The summed E-state index contributed by atoms with van der Waals surface area (Å²) in [6.45, 7) is 0.740. The van der Waals surface area contributed by atoms with Crippen molar-refractivity contribution in [1.29, 1.82) is 5.26 Å². The van der Waals surface area contributed by atoms with Crippen molar-refractivity contribution in [2.24, 2.45) is 0 Å². The SMILES string of the molecule is CNC(=O)c1ccc(N2C(=O)N(c3ccc(C#N)c(C(F)(F)F)c3)[C@@H]3CCC4(C[C@@H]32)OCCO4)cc1F. The maximum atomic E-state index is 14.9. The van der Waals surface area contributed by atoms with Crippen LogP contribution in [0.25, 0.3) is 0 Å². The topological polar surface area (TPSA) is 94.9 Å². The van der Waals surface area contributed by atoms with Crippen LogP contribution in [0.2, 0.25) is 0 Å². The third kappa shape index (κ3) is 4.18. The molecule has 3 amide bonds. The lowest BCUT2D eigenvalue weighted by molar-refractivity contribution is -0.180. The van der Waals surface area contributed by atoms with Crippen LogP contribution in [0.3, 0.4) is 0 Å². The predicted molar refractivity (Wildman–Crippen MR) is 122 cm³/mol. The normalized spacial score (nSPS) is 22.8. The Morgan fingerprint density at radius 2 is 1.76 bits per heavy atom. The molecule has 1 saturated carbocycles. The average molecular weight is 518 g/mol. The molecule has 194 valence electrons. The van der Waals surface area contributed by atoms with Crippen molar-refractivity contribution in [2.45, 2.75) is 43.3 Å². The zero-order valence-corrected chi connectivity index (χ0v) is 19.6. The largest absolute Gasteiger partial charge is 0.417 e. The Balaban J connectivity index is 1.59. The number of anilines is 2. The molecule has 5 rings (SSSR count). The van der Waals surface area contributed by atoms with E-state index in [1.807, 2.05) is 0 Å². The highest BCUT2D eigenvalue weighted by atomic mass is 19.4. The molecule has 0 unspecified atom stereocenters. The molecule has 2 aromatic carbocycles. The number of carbonyl (C=O) groups excluding carboxylic acids is 2. The molecular weight excluding hydrogens is 496 g/mol. The van der Waals surface area contributed by atoms with Crippen LogP contribution in [0.5, 0.6) is 0 Å². The summed E-state index contributed by atoms with van der Waals surface area (Å²) in [5.74, 6) is -2.44. The summed E-state index contributed by atoms with van der Waals surface area (Å²) in [6, 6.07) is 6.55. The number of carbonyl (C=O) groups is 2. The monoisotopic (exact) mass is 518 g/mol. The van der Waals surface area contributed by atoms with Gasteiger partial charge in [-0.05, 0) is 42.8 Å². The maximum Gasteiger partial charge on any atom is 0.417 e. The van der Waals surface area contributed by atoms with Crippen molar-refractivity contribution < 1.29 is 36.6 Å². The molecule has 1 N–H and O–H groups in total. The first-order valence-electron chi connectivity index (χ1n) is 11.6. The number of nitriles is 1. The summed E-state index contributed by atoms with van der Waals surface area (Å²) >= 11 is 0. The molecule has 1 spiro atoms. The molecule has 1 aliphatic carbocycles. The maximum absolute atomic E-state index is 14.9. The lowest BCUT2D eigenvalue weighted by Gasteiger charge is -2.41. The molecule has 0 bridgehead atoms. The van der Waals surface area contributed by atoms with Gasteiger partial charge in [0.1, 0.15) is 5.82 Å². The zero-order valence-electron chi connectivity index (χ0n) is 19.6. The number of nitrogens with zero attached hydrogens (tertiary/aromatic N) is 3. The van der Waals surface area contributed by atoms with Crippen LogP contribution in [0.4, 0.5) is 33.7 Å². The van der Waals surface area contributed by atoms with Gasteiger partial charge in [0.05, 0.1) is 48.1 Å². The Morgan fingerprint density at radius 1 is 1.11 bits per heavy atom. The second-order valence-electron chi connectivity index (χ2n) is 9.09. The second-order valence-corrected chi connectivity index (χ2v) is 9.09. The fourth-order valence-electron chi connectivity index (χ4n) is 5.43. The van der Waals surface area contributed by atoms with Crippen molar-refractivity contribution in [3.05, 3.63) is 58.9 Å². The van der Waals surface area contributed by atoms with Crippen molar-refractivity contribution in [1.82, 2.24) is 5.32 Å². The van der Waals surface area contributed by atoms with E-state index in [1.165, 1.54) is 41.1 Å². The minimum Gasteiger partial charge on any atom is -0.355 e. The van der Waals surface area contributed by atoms with Crippen LogP contribution in [-0.2, 0) is 15.7 Å². The number of rotatable bonds is 3. The standard InChI is InChI=1S/C25H22F4N4O4/c1-31-22(34)17-5-4-16(11-19(17)26)33-21-12-24(36-8-9-37-24)7-6-20(21)32(23(33)35)15-3-2-14(13-30)18(10-15)25(27,28)29/h2-5,10-11,20-21H,6-9,12H2,1H3,(H,31,34)/t20-,21+/m1/s1. The van der Waals surface area contributed by atoms with Gasteiger partial charge in [0.2, 0.25) is 0 Å². The number of urea groups is 1. The van der Waals surface area contributed by atoms with Gasteiger partial charge < -0.3 is 14.8 Å². The quantitative estimate of drug-likeness (QED) is 0.615. The molecule has 0 radical (unpaired) electrons. The molecule has 2 saturated heterocycles. The van der Waals surface area contributed by atoms with Crippen LogP contribution in [-0.4, -0.2) is 50.1 Å². The Hall–Kier alpha value is -3.69. The van der Waals surface area contributed by atoms with E-state index in [0.717, 1.165) is 18.2 Å². The van der Waals surface area contributed by atoms with E-state index in [2.05, 4.69) is 5.32 Å². The van der Waals surface area contributed by atoms with Crippen LogP contribution in [0.1, 0.15) is 40.7 Å². The van der Waals surface area contributed by atoms with E-state index in [0.29, 0.717) is 26.1 Å². The van der Waals surface area contributed by atoms with E-state index in [-0.39, 0.29) is 23.4 Å². The Kier molecular flexibility index (Phi) is 6.08. The summed E-state index contributed by atoms with van der Waals surface area (Å²) in [5.41, 5.74) is -1.80. The van der Waals surface area contributed by atoms with Gasteiger partial charge in [-0.1, -0.05) is 0 Å². The highest BCUT2D eigenvalue weighted by Gasteiger charge is 2.56. The van der Waals surface area contributed by atoms with E-state index in [9.17, 15) is 27.2 Å². The van der Waals surface area contributed by atoms with Gasteiger partial charge in [0.15, 0.2) is 5.79 Å². The van der Waals surface area contributed by atoms with Gasteiger partial charge in [0.25, 0.3) is 5.91 Å². The molecule has 37 heavy (non-hydrogen) atoms. The molecule has 2 atom stereocenters. The molecule has 12 heteroatoms. The van der Waals surface area contributed by atoms with Crippen LogP contribution in [0.15, 0.2) is 36.4 Å². The summed E-state index contributed by atoms with van der Waals surface area (Å²) in [5, 5.41) is 11.5. The number of hydrogen-bond donors (Lipinski definition) is 1. The smallest absolute Gasteiger partial charge is 0.355 e. The zero-order chi connectivity index (χ0) is 26.5. The Morgan fingerprint density at radius 3 is 2.38 bits per heavy atom. The fraction of sp³-hybridized carbons (Fsp3) is 0.400. The minimum atomic E-state index is -4.80. The lowest BCUT2D eigenvalue weighted by Crippen LogP contribution is -2.50. The van der Waals surface area contributed by atoms with Gasteiger partial charge in [-0.25, -0.2) is 9.18 Å². The van der Waals surface area contributed by atoms with Gasteiger partial charge in [-0.2, -0.15) is 18.4 Å². The van der Waals surface area contributed by atoms with Gasteiger partial charge in [-0.3, -0.25) is 14.6 Å². The first-order chi connectivity index (χ1) is 17.6. The van der Waals surface area contributed by atoms with Crippen molar-refractivity contribution in [3.63, 3.8) is 0 Å². The van der Waals surface area contributed by atoms with Crippen molar-refractivity contribution >= 4 is 23.3 Å². The van der Waals surface area contributed by atoms with Crippen LogP contribution >= 0.6 is 0 Å². The van der Waals surface area contributed by atoms with E-state index in [1.54, 1.807) is 0 Å². The summed E-state index contributed by atoms with van der Waals surface area (Å²) in [7, 11) is 1.36. The molecule has 3 fully saturated rings. The van der Waals surface area contributed by atoms with Crippen LogP contribution in [0, 0.1) is 17.1 Å². The molecule has 3 aliphatic rings. The Labute approximate surface area is 209 Å². The number of fused-ring (bicyclic) bond motifs is 1. The first-order valence-corrected chi connectivity index (χ1v) is 11.6. The molecule has 0 aromatic heterocycles. The predicted octanol–water partition coefficient (Wildman–Crippen LogP) is 4.19. The van der Waals surface area contributed by atoms with Gasteiger partial charge in [0, 0.05) is 31.3 Å². The van der Waals surface area contributed by atoms with Gasteiger partial charge in [-0.15, -0.1) is 0 Å². The number of halogens is 4. The molecular formula is C25H22F4N4O4. The molecule has 2 aromatic rings. The summed E-state index contributed by atoms with van der Waals surface area (Å²) in [4.78, 5) is 28.3. The molecule has 2 aliphatic heterocycles. The van der Waals surface area contributed by atoms with Crippen LogP contribution < -0.4 is 15.1 Å². The summed E-state index contributed by atoms with van der Waals surface area (Å²) < 4.78 is 67.6. The number of amides is 3.